The molecule has 0 radical (unpaired) electrons. The van der Waals surface area contributed by atoms with E-state index in [1.807, 2.05) is 12.1 Å². The predicted molar refractivity (Wildman–Crippen MR) is 90.6 cm³/mol. The number of rotatable bonds is 5. The quantitative estimate of drug-likeness (QED) is 0.902. The number of likely N-dealkylation sites (N-methyl/N-ethyl adjacent to an activating group) is 1. The maximum absolute atomic E-state index is 13.1. The highest BCUT2D eigenvalue weighted by molar-refractivity contribution is 5.77. The minimum absolute atomic E-state index is 0.0690. The van der Waals surface area contributed by atoms with E-state index in [0.717, 1.165) is 38.2 Å². The second-order valence-electron chi connectivity index (χ2n) is 6.67. The van der Waals surface area contributed by atoms with E-state index in [4.69, 9.17) is 0 Å². The van der Waals surface area contributed by atoms with Crippen LogP contribution in [0.25, 0.3) is 0 Å². The molecule has 23 heavy (non-hydrogen) atoms. The predicted octanol–water partition coefficient (Wildman–Crippen LogP) is 2.10. The van der Waals surface area contributed by atoms with Crippen LogP contribution in [-0.4, -0.2) is 55.0 Å². The van der Waals surface area contributed by atoms with Crippen molar-refractivity contribution in [3.8, 4) is 0 Å². The van der Waals surface area contributed by atoms with E-state index < -0.39 is 0 Å². The van der Waals surface area contributed by atoms with Crippen molar-refractivity contribution in [3.05, 3.63) is 35.6 Å². The number of carbonyl (C=O) groups is 1. The van der Waals surface area contributed by atoms with Crippen molar-refractivity contribution < 1.29 is 9.18 Å². The monoisotopic (exact) mass is 321 g/mol. The Labute approximate surface area is 138 Å². The van der Waals surface area contributed by atoms with Gasteiger partial charge in [-0.15, -0.1) is 0 Å². The first-order chi connectivity index (χ1) is 11.0. The zero-order valence-electron chi connectivity index (χ0n) is 14.4. The van der Waals surface area contributed by atoms with E-state index in [9.17, 15) is 9.18 Å². The summed E-state index contributed by atoms with van der Waals surface area (Å²) >= 11 is 0. The van der Waals surface area contributed by atoms with Gasteiger partial charge in [0.15, 0.2) is 0 Å². The molecular formula is C18H28FN3O. The first-order valence-electron chi connectivity index (χ1n) is 8.41. The first-order valence-corrected chi connectivity index (χ1v) is 8.41. The summed E-state index contributed by atoms with van der Waals surface area (Å²) in [6.07, 6.45) is 1.04. The highest BCUT2D eigenvalue weighted by atomic mass is 19.1. The summed E-state index contributed by atoms with van der Waals surface area (Å²) in [6.45, 7) is 8.59. The third-order valence-electron chi connectivity index (χ3n) is 4.55. The lowest BCUT2D eigenvalue weighted by Crippen LogP contribution is -2.46. The Bertz CT molecular complexity index is 503. The molecule has 0 aliphatic carbocycles. The van der Waals surface area contributed by atoms with Crippen LogP contribution in [0.2, 0.25) is 0 Å². The number of benzene rings is 1. The molecule has 0 saturated carbocycles. The molecule has 1 fully saturated rings. The van der Waals surface area contributed by atoms with Gasteiger partial charge >= 0.3 is 0 Å². The van der Waals surface area contributed by atoms with E-state index in [2.05, 4.69) is 29.0 Å². The molecule has 1 heterocycles. The lowest BCUT2D eigenvalue weighted by atomic mass is 10.0. The van der Waals surface area contributed by atoms with Gasteiger partial charge < -0.3 is 5.32 Å². The van der Waals surface area contributed by atoms with Gasteiger partial charge in [0.2, 0.25) is 5.91 Å². The van der Waals surface area contributed by atoms with Crippen molar-refractivity contribution in [3.63, 3.8) is 0 Å². The van der Waals surface area contributed by atoms with Crippen LogP contribution in [0.3, 0.4) is 0 Å². The van der Waals surface area contributed by atoms with Crippen LogP contribution in [0.5, 0.6) is 0 Å². The average molecular weight is 321 g/mol. The molecule has 1 saturated heterocycles. The van der Waals surface area contributed by atoms with Gasteiger partial charge in [-0.25, -0.2) is 4.39 Å². The number of hydrogen-bond donors (Lipinski definition) is 1. The second kappa shape index (κ2) is 8.41. The molecule has 128 valence electrons. The number of nitrogens with zero attached hydrogens (tertiary/aromatic N) is 2. The lowest BCUT2D eigenvalue weighted by molar-refractivity contribution is -0.121. The van der Waals surface area contributed by atoms with Crippen molar-refractivity contribution in [2.75, 3.05) is 33.2 Å². The second-order valence-corrected chi connectivity index (χ2v) is 6.67. The smallest absolute Gasteiger partial charge is 0.233 e. The molecule has 1 aromatic rings. The van der Waals surface area contributed by atoms with Crippen LogP contribution < -0.4 is 5.32 Å². The molecule has 1 aliphatic heterocycles. The number of amides is 1. The SMILES string of the molecule is CNC(=O)CN1CCCN(Cc2ccc(F)cc2)C(C(C)C)C1. The Morgan fingerprint density at radius 2 is 2.00 bits per heavy atom. The number of hydrogen-bond acceptors (Lipinski definition) is 3. The topological polar surface area (TPSA) is 35.6 Å². The summed E-state index contributed by atoms with van der Waals surface area (Å²) in [5.74, 6) is 0.377. The Morgan fingerprint density at radius 1 is 1.30 bits per heavy atom. The van der Waals surface area contributed by atoms with Crippen molar-refractivity contribution in [2.24, 2.45) is 5.92 Å². The van der Waals surface area contributed by atoms with E-state index in [-0.39, 0.29) is 11.7 Å². The van der Waals surface area contributed by atoms with Gasteiger partial charge in [0.1, 0.15) is 5.82 Å². The number of carbonyl (C=O) groups excluding carboxylic acids is 1. The maximum atomic E-state index is 13.1. The summed E-state index contributed by atoms with van der Waals surface area (Å²) in [4.78, 5) is 16.4. The minimum atomic E-state index is -0.193. The van der Waals surface area contributed by atoms with E-state index in [1.54, 1.807) is 7.05 Å². The molecule has 1 unspecified atom stereocenters. The average Bonchev–Trinajstić information content (AvgIpc) is 2.72. The van der Waals surface area contributed by atoms with Crippen LogP contribution >= 0.6 is 0 Å². The molecule has 5 heteroatoms. The fourth-order valence-corrected chi connectivity index (χ4v) is 3.21. The van der Waals surface area contributed by atoms with E-state index >= 15 is 0 Å². The Kier molecular flexibility index (Phi) is 6.54. The summed E-state index contributed by atoms with van der Waals surface area (Å²) < 4.78 is 13.1. The fraction of sp³-hybridized carbons (Fsp3) is 0.611. The van der Waals surface area contributed by atoms with Gasteiger partial charge in [-0.3, -0.25) is 14.6 Å². The number of nitrogens with one attached hydrogen (secondary N) is 1. The van der Waals surface area contributed by atoms with E-state index in [1.165, 1.54) is 12.1 Å². The van der Waals surface area contributed by atoms with Crippen LogP contribution in [-0.2, 0) is 11.3 Å². The molecule has 4 nitrogen and oxygen atoms in total. The molecular weight excluding hydrogens is 293 g/mol. The largest absolute Gasteiger partial charge is 0.358 e. The third-order valence-corrected chi connectivity index (χ3v) is 4.55. The third kappa shape index (κ3) is 5.29. The van der Waals surface area contributed by atoms with Crippen LogP contribution in [0, 0.1) is 11.7 Å². The maximum Gasteiger partial charge on any atom is 0.233 e. The van der Waals surface area contributed by atoms with Crippen LogP contribution in [0.1, 0.15) is 25.8 Å². The molecule has 1 amide bonds. The van der Waals surface area contributed by atoms with Gasteiger partial charge in [0, 0.05) is 32.7 Å². The zero-order valence-corrected chi connectivity index (χ0v) is 14.4. The summed E-state index contributed by atoms with van der Waals surface area (Å²) in [5.41, 5.74) is 1.14. The molecule has 0 spiro atoms. The van der Waals surface area contributed by atoms with Crippen LogP contribution in [0.4, 0.5) is 4.39 Å². The van der Waals surface area contributed by atoms with Crippen molar-refractivity contribution >= 4 is 5.91 Å². The van der Waals surface area contributed by atoms with Crippen molar-refractivity contribution in [1.82, 2.24) is 15.1 Å². The Balaban J connectivity index is 2.06. The number of halogens is 1. The summed E-state index contributed by atoms with van der Waals surface area (Å²) in [6, 6.07) is 7.16. The standard InChI is InChI=1S/C18H28FN3O/c1-14(2)17-12-21(13-18(23)20-3)9-4-10-22(17)11-15-5-7-16(19)8-6-15/h5-8,14,17H,4,9-13H2,1-3H3,(H,20,23). The van der Waals surface area contributed by atoms with Crippen LogP contribution in [0.15, 0.2) is 24.3 Å². The molecule has 2 rings (SSSR count). The molecule has 1 aromatic carbocycles. The van der Waals surface area contributed by atoms with Crippen molar-refractivity contribution in [2.45, 2.75) is 32.9 Å². The minimum Gasteiger partial charge on any atom is -0.358 e. The van der Waals surface area contributed by atoms with Gasteiger partial charge in [-0.2, -0.15) is 0 Å². The molecule has 0 bridgehead atoms. The molecule has 1 atom stereocenters. The summed E-state index contributed by atoms with van der Waals surface area (Å²) in [7, 11) is 1.68. The van der Waals surface area contributed by atoms with Gasteiger partial charge in [0.25, 0.3) is 0 Å². The highest BCUT2D eigenvalue weighted by Gasteiger charge is 2.28. The molecule has 1 N–H and O–H groups in total. The lowest BCUT2D eigenvalue weighted by Gasteiger charge is -2.34. The zero-order chi connectivity index (χ0) is 16.8. The summed E-state index contributed by atoms with van der Waals surface area (Å²) in [5, 5.41) is 2.70. The Morgan fingerprint density at radius 3 is 2.61 bits per heavy atom. The van der Waals surface area contributed by atoms with E-state index in [0.29, 0.717) is 18.5 Å². The van der Waals surface area contributed by atoms with Crippen molar-refractivity contribution in [1.29, 1.82) is 0 Å². The Hall–Kier alpha value is -1.46. The fourth-order valence-electron chi connectivity index (χ4n) is 3.21. The first kappa shape index (κ1) is 17.9. The van der Waals surface area contributed by atoms with Gasteiger partial charge in [-0.1, -0.05) is 26.0 Å². The molecule has 1 aliphatic rings. The van der Waals surface area contributed by atoms with Gasteiger partial charge in [0.05, 0.1) is 6.54 Å². The highest BCUT2D eigenvalue weighted by Crippen LogP contribution is 2.20. The normalized spacial score (nSPS) is 20.5. The van der Waals surface area contributed by atoms with Gasteiger partial charge in [-0.05, 0) is 36.6 Å². The molecule has 0 aromatic heterocycles.